The molecule has 1 aliphatic heterocycles. The first-order valence-electron chi connectivity index (χ1n) is 11.3. The van der Waals surface area contributed by atoms with Crippen molar-refractivity contribution in [2.75, 3.05) is 0 Å². The molecule has 0 bridgehead atoms. The molecule has 3 atom stereocenters. The van der Waals surface area contributed by atoms with E-state index < -0.39 is 23.6 Å². The molecule has 0 radical (unpaired) electrons. The molecule has 2 aliphatic rings. The lowest BCUT2D eigenvalue weighted by molar-refractivity contribution is -0.123. The molecule has 0 saturated heterocycles. The fourth-order valence-corrected chi connectivity index (χ4v) is 3.94. The molecule has 2 aromatic rings. The van der Waals surface area contributed by atoms with E-state index in [1.165, 1.54) is 12.5 Å². The van der Waals surface area contributed by atoms with Crippen LogP contribution in [0, 0.1) is 5.92 Å². The molecule has 0 fully saturated rings. The van der Waals surface area contributed by atoms with Gasteiger partial charge in [-0.2, -0.15) is 5.10 Å². The van der Waals surface area contributed by atoms with Gasteiger partial charge in [0.2, 0.25) is 5.43 Å². The first-order valence-corrected chi connectivity index (χ1v) is 11.3. The minimum atomic E-state index is -0.943. The van der Waals surface area contributed by atoms with Gasteiger partial charge in [0.15, 0.2) is 0 Å². The van der Waals surface area contributed by atoms with Gasteiger partial charge in [-0.3, -0.25) is 9.59 Å². The molecule has 9 nitrogen and oxygen atoms in total. The van der Waals surface area contributed by atoms with E-state index in [9.17, 15) is 14.4 Å². The number of para-hydroxylation sites is 1. The fraction of sp³-hybridized carbons (Fsp3) is 0.308. The van der Waals surface area contributed by atoms with Gasteiger partial charge in [-0.05, 0) is 44.7 Å². The number of benzene rings is 1. The summed E-state index contributed by atoms with van der Waals surface area (Å²) >= 11 is 0. The molecule has 2 heterocycles. The minimum absolute atomic E-state index is 0.0847. The highest BCUT2D eigenvalue weighted by atomic mass is 16.6. The van der Waals surface area contributed by atoms with Crippen LogP contribution < -0.4 is 21.5 Å². The second kappa shape index (κ2) is 10.0. The summed E-state index contributed by atoms with van der Waals surface area (Å²) < 4.78 is 10.8. The average Bonchev–Trinajstić information content (AvgIpc) is 3.22. The van der Waals surface area contributed by atoms with Crippen molar-refractivity contribution in [3.8, 4) is 0 Å². The highest BCUT2D eigenvalue weighted by molar-refractivity contribution is 5.89. The number of carbonyl (C=O) groups is 2. The number of hydrazone groups is 1. The van der Waals surface area contributed by atoms with E-state index in [0.717, 1.165) is 5.57 Å². The third-order valence-electron chi connectivity index (χ3n) is 5.56. The van der Waals surface area contributed by atoms with Crippen LogP contribution in [0.2, 0.25) is 0 Å². The maximum atomic E-state index is 13.0. The van der Waals surface area contributed by atoms with Crippen molar-refractivity contribution in [3.63, 3.8) is 0 Å². The smallest absolute Gasteiger partial charge is 0.408 e. The molecule has 2 amide bonds. The Kier molecular flexibility index (Phi) is 6.86. The van der Waals surface area contributed by atoms with Gasteiger partial charge >= 0.3 is 6.09 Å². The van der Waals surface area contributed by atoms with E-state index in [1.807, 2.05) is 24.4 Å². The summed E-state index contributed by atoms with van der Waals surface area (Å²) in [6.07, 6.45) is 11.9. The van der Waals surface area contributed by atoms with E-state index in [2.05, 4.69) is 27.2 Å². The topological polar surface area (TPSA) is 122 Å². The van der Waals surface area contributed by atoms with Gasteiger partial charge in [-0.15, -0.1) is 0 Å². The van der Waals surface area contributed by atoms with Crippen molar-refractivity contribution < 1.29 is 18.7 Å². The Balaban J connectivity index is 1.48. The van der Waals surface area contributed by atoms with Crippen LogP contribution in [0.15, 0.2) is 80.9 Å². The highest BCUT2D eigenvalue weighted by Crippen LogP contribution is 2.29. The molecule has 1 aromatic carbocycles. The third kappa shape index (κ3) is 5.87. The Hall–Kier alpha value is -4.14. The SMILES string of the molecule is CC(C)(C)OC(=O)N[C@H](CC1=CNC2C=CC=CC12)C(=O)NN=Cc1coc2ccccc2c1=O. The van der Waals surface area contributed by atoms with Crippen LogP contribution in [0.3, 0.4) is 0 Å². The van der Waals surface area contributed by atoms with Crippen LogP contribution in [0.25, 0.3) is 11.0 Å². The van der Waals surface area contributed by atoms with Gasteiger partial charge in [0.25, 0.3) is 5.91 Å². The van der Waals surface area contributed by atoms with Crippen molar-refractivity contribution in [1.29, 1.82) is 0 Å². The number of nitrogens with one attached hydrogen (secondary N) is 3. The summed E-state index contributed by atoms with van der Waals surface area (Å²) in [7, 11) is 0. The molecule has 4 rings (SSSR count). The molecular formula is C26H28N4O5. The second-order valence-electron chi connectivity index (χ2n) is 9.36. The fourth-order valence-electron chi connectivity index (χ4n) is 3.94. The standard InChI is InChI=1S/C26H28N4O5/c1-26(2,3)35-25(33)29-21(12-16-13-27-20-10-6-4-8-18(16)20)24(32)30-28-14-17-15-34-22-11-7-5-9-19(22)23(17)31/h4-11,13-15,18,20-21,27H,12H2,1-3H3,(H,29,33)(H,30,32)/t18?,20?,21-/m1/s1. The first kappa shape index (κ1) is 24.0. The summed E-state index contributed by atoms with van der Waals surface area (Å²) in [4.78, 5) is 38.0. The number of carbonyl (C=O) groups excluding carboxylic acids is 2. The van der Waals surface area contributed by atoms with Crippen LogP contribution >= 0.6 is 0 Å². The number of amides is 2. The van der Waals surface area contributed by atoms with E-state index >= 15 is 0 Å². The van der Waals surface area contributed by atoms with E-state index in [4.69, 9.17) is 9.15 Å². The molecule has 2 unspecified atom stereocenters. The van der Waals surface area contributed by atoms with Crippen molar-refractivity contribution in [1.82, 2.24) is 16.1 Å². The Morgan fingerprint density at radius 2 is 2.00 bits per heavy atom. The van der Waals surface area contributed by atoms with Crippen LogP contribution in [0.1, 0.15) is 32.8 Å². The molecule has 182 valence electrons. The summed E-state index contributed by atoms with van der Waals surface area (Å²) in [6, 6.07) is 6.04. The van der Waals surface area contributed by atoms with Crippen molar-refractivity contribution >= 4 is 29.2 Å². The zero-order valence-corrected chi connectivity index (χ0v) is 19.8. The average molecular weight is 477 g/mol. The van der Waals surface area contributed by atoms with E-state index in [-0.39, 0.29) is 29.4 Å². The van der Waals surface area contributed by atoms with E-state index in [1.54, 1.807) is 45.0 Å². The molecule has 1 aromatic heterocycles. The zero-order chi connectivity index (χ0) is 25.0. The van der Waals surface area contributed by atoms with Crippen LogP contribution in [-0.2, 0) is 9.53 Å². The van der Waals surface area contributed by atoms with Crippen LogP contribution in [-0.4, -0.2) is 35.9 Å². The summed E-state index contributed by atoms with van der Waals surface area (Å²) in [6.45, 7) is 5.23. The monoisotopic (exact) mass is 476 g/mol. The predicted molar refractivity (Wildman–Crippen MR) is 133 cm³/mol. The largest absolute Gasteiger partial charge is 0.463 e. The summed E-state index contributed by atoms with van der Waals surface area (Å²) in [5.74, 6) is -0.460. The number of hydrogen-bond acceptors (Lipinski definition) is 7. The zero-order valence-electron chi connectivity index (χ0n) is 19.8. The first-order chi connectivity index (χ1) is 16.7. The van der Waals surface area contributed by atoms with Gasteiger partial charge in [0.05, 0.1) is 23.2 Å². The predicted octanol–water partition coefficient (Wildman–Crippen LogP) is 3.12. The van der Waals surface area contributed by atoms with Crippen molar-refractivity contribution in [2.24, 2.45) is 11.0 Å². The molecule has 0 saturated carbocycles. The number of fused-ring (bicyclic) bond motifs is 2. The van der Waals surface area contributed by atoms with Gasteiger partial charge in [-0.1, -0.05) is 36.4 Å². The number of allylic oxidation sites excluding steroid dienone is 2. The quantitative estimate of drug-likeness (QED) is 0.435. The summed E-state index contributed by atoms with van der Waals surface area (Å²) in [5.41, 5.74) is 3.05. The molecule has 0 spiro atoms. The Morgan fingerprint density at radius 3 is 2.80 bits per heavy atom. The number of hydrogen-bond donors (Lipinski definition) is 3. The maximum absolute atomic E-state index is 13.0. The highest BCUT2D eigenvalue weighted by Gasteiger charge is 2.32. The van der Waals surface area contributed by atoms with Crippen molar-refractivity contribution in [3.05, 3.63) is 82.4 Å². The third-order valence-corrected chi connectivity index (χ3v) is 5.56. The maximum Gasteiger partial charge on any atom is 0.408 e. The summed E-state index contributed by atoms with van der Waals surface area (Å²) in [5, 5.41) is 10.3. The van der Waals surface area contributed by atoms with Gasteiger partial charge in [0.1, 0.15) is 23.5 Å². The number of ether oxygens (including phenoxy) is 1. The lowest BCUT2D eigenvalue weighted by Crippen LogP contribution is -2.47. The lowest BCUT2D eigenvalue weighted by atomic mass is 9.88. The number of nitrogens with zero attached hydrogens (tertiary/aromatic N) is 1. The number of rotatable bonds is 6. The molecule has 9 heteroatoms. The van der Waals surface area contributed by atoms with Crippen LogP contribution in [0.5, 0.6) is 0 Å². The Bertz CT molecular complexity index is 1300. The van der Waals surface area contributed by atoms with Crippen LogP contribution in [0.4, 0.5) is 4.79 Å². The molecule has 35 heavy (non-hydrogen) atoms. The van der Waals surface area contributed by atoms with Gasteiger partial charge in [0, 0.05) is 12.3 Å². The molecule has 3 N–H and O–H groups in total. The lowest BCUT2D eigenvalue weighted by Gasteiger charge is -2.24. The Labute approximate surface area is 202 Å². The second-order valence-corrected chi connectivity index (χ2v) is 9.36. The van der Waals surface area contributed by atoms with Gasteiger partial charge < -0.3 is 19.8 Å². The van der Waals surface area contributed by atoms with E-state index in [0.29, 0.717) is 11.0 Å². The molecule has 1 aliphatic carbocycles. The molecular weight excluding hydrogens is 448 g/mol. The normalized spacial score (nSPS) is 19.7. The van der Waals surface area contributed by atoms with Crippen molar-refractivity contribution in [2.45, 2.75) is 44.9 Å². The Morgan fingerprint density at radius 1 is 1.23 bits per heavy atom. The van der Waals surface area contributed by atoms with Gasteiger partial charge in [-0.25, -0.2) is 10.2 Å². The minimum Gasteiger partial charge on any atom is -0.463 e. The number of alkyl carbamates (subject to hydrolysis) is 1.